The standard InChI is InChI=1S/C16H23N3O2/c1-12(17-2)11-18-15(20)9-10-19-14-6-4-3-5-13(14)7-8-16(19)21/h3-6,12,17H,7-11H2,1-2H3,(H,18,20). The lowest BCUT2D eigenvalue weighted by Crippen LogP contribution is -2.40. The zero-order chi connectivity index (χ0) is 15.2. The van der Waals surface area contributed by atoms with Crippen LogP contribution in [0, 0.1) is 0 Å². The van der Waals surface area contributed by atoms with Gasteiger partial charge in [0.1, 0.15) is 0 Å². The van der Waals surface area contributed by atoms with Crippen LogP contribution in [-0.4, -0.2) is 38.0 Å². The molecular formula is C16H23N3O2. The summed E-state index contributed by atoms with van der Waals surface area (Å²) in [4.78, 5) is 25.7. The number of rotatable bonds is 6. The number of hydrogen-bond acceptors (Lipinski definition) is 3. The number of amides is 2. The summed E-state index contributed by atoms with van der Waals surface area (Å²) >= 11 is 0. The molecule has 0 saturated carbocycles. The molecule has 2 amide bonds. The topological polar surface area (TPSA) is 61.4 Å². The first kappa shape index (κ1) is 15.5. The number of benzene rings is 1. The second-order valence-corrected chi connectivity index (χ2v) is 5.42. The number of fused-ring (bicyclic) bond motifs is 1. The highest BCUT2D eigenvalue weighted by Gasteiger charge is 2.23. The predicted octanol–water partition coefficient (Wildman–Crippen LogP) is 1.08. The number of para-hydroxylation sites is 1. The van der Waals surface area contributed by atoms with Crippen LogP contribution >= 0.6 is 0 Å². The lowest BCUT2D eigenvalue weighted by Gasteiger charge is -2.29. The maximum absolute atomic E-state index is 12.1. The van der Waals surface area contributed by atoms with Crippen molar-refractivity contribution >= 4 is 17.5 Å². The van der Waals surface area contributed by atoms with Crippen molar-refractivity contribution in [3.05, 3.63) is 29.8 Å². The highest BCUT2D eigenvalue weighted by Crippen LogP contribution is 2.27. The van der Waals surface area contributed by atoms with Gasteiger partial charge in [-0.15, -0.1) is 0 Å². The summed E-state index contributed by atoms with van der Waals surface area (Å²) in [5.74, 6) is 0.0815. The van der Waals surface area contributed by atoms with E-state index in [0.717, 1.165) is 12.1 Å². The van der Waals surface area contributed by atoms with Gasteiger partial charge >= 0.3 is 0 Å². The van der Waals surface area contributed by atoms with Crippen molar-refractivity contribution in [1.29, 1.82) is 0 Å². The van der Waals surface area contributed by atoms with Crippen LogP contribution in [0.1, 0.15) is 25.3 Å². The Labute approximate surface area is 125 Å². The van der Waals surface area contributed by atoms with Crippen LogP contribution in [0.15, 0.2) is 24.3 Å². The minimum Gasteiger partial charge on any atom is -0.354 e. The van der Waals surface area contributed by atoms with Crippen molar-refractivity contribution in [2.75, 3.05) is 25.0 Å². The van der Waals surface area contributed by atoms with E-state index in [0.29, 0.717) is 25.9 Å². The molecule has 0 fully saturated rings. The van der Waals surface area contributed by atoms with E-state index in [2.05, 4.69) is 10.6 Å². The normalized spacial score (nSPS) is 15.5. The number of aryl methyl sites for hydroxylation is 1. The van der Waals surface area contributed by atoms with Gasteiger partial charge in [0, 0.05) is 37.7 Å². The molecule has 1 heterocycles. The molecule has 2 N–H and O–H groups in total. The minimum atomic E-state index is -0.0204. The molecule has 1 aromatic rings. The van der Waals surface area contributed by atoms with Crippen molar-refractivity contribution in [3.63, 3.8) is 0 Å². The zero-order valence-electron chi connectivity index (χ0n) is 12.7. The van der Waals surface area contributed by atoms with Crippen LogP contribution in [0.3, 0.4) is 0 Å². The van der Waals surface area contributed by atoms with Crippen LogP contribution < -0.4 is 15.5 Å². The number of hydrogen-bond donors (Lipinski definition) is 2. The molecule has 5 heteroatoms. The van der Waals surface area contributed by atoms with Gasteiger partial charge in [0.25, 0.3) is 0 Å². The van der Waals surface area contributed by atoms with Gasteiger partial charge in [-0.25, -0.2) is 0 Å². The third-order valence-electron chi connectivity index (χ3n) is 3.85. The zero-order valence-corrected chi connectivity index (χ0v) is 12.7. The van der Waals surface area contributed by atoms with Crippen LogP contribution in [0.5, 0.6) is 0 Å². The van der Waals surface area contributed by atoms with Crippen LogP contribution in [0.25, 0.3) is 0 Å². The molecular weight excluding hydrogens is 266 g/mol. The Hall–Kier alpha value is -1.88. The highest BCUT2D eigenvalue weighted by molar-refractivity contribution is 5.96. The Morgan fingerprint density at radius 1 is 1.33 bits per heavy atom. The van der Waals surface area contributed by atoms with E-state index in [1.54, 1.807) is 4.90 Å². The number of carbonyl (C=O) groups excluding carboxylic acids is 2. The molecule has 21 heavy (non-hydrogen) atoms. The number of anilines is 1. The van der Waals surface area contributed by atoms with Gasteiger partial charge in [-0.3, -0.25) is 9.59 Å². The monoisotopic (exact) mass is 289 g/mol. The Balaban J connectivity index is 1.91. The summed E-state index contributed by atoms with van der Waals surface area (Å²) in [6, 6.07) is 8.15. The van der Waals surface area contributed by atoms with E-state index < -0.39 is 0 Å². The molecule has 5 nitrogen and oxygen atoms in total. The Bertz CT molecular complexity index is 516. The summed E-state index contributed by atoms with van der Waals surface area (Å²) < 4.78 is 0. The summed E-state index contributed by atoms with van der Waals surface area (Å²) in [5.41, 5.74) is 2.13. The highest BCUT2D eigenvalue weighted by atomic mass is 16.2. The SMILES string of the molecule is CNC(C)CNC(=O)CCN1C(=O)CCc2ccccc21. The third kappa shape index (κ3) is 4.04. The fraction of sp³-hybridized carbons (Fsp3) is 0.500. The largest absolute Gasteiger partial charge is 0.354 e. The number of likely N-dealkylation sites (N-methyl/N-ethyl adjacent to an activating group) is 1. The van der Waals surface area contributed by atoms with E-state index in [4.69, 9.17) is 0 Å². The lowest BCUT2D eigenvalue weighted by atomic mass is 10.0. The average molecular weight is 289 g/mol. The number of nitrogens with zero attached hydrogens (tertiary/aromatic N) is 1. The molecule has 1 aromatic carbocycles. The summed E-state index contributed by atoms with van der Waals surface area (Å²) in [6.07, 6.45) is 1.64. The summed E-state index contributed by atoms with van der Waals surface area (Å²) in [7, 11) is 1.86. The molecule has 0 spiro atoms. The van der Waals surface area contributed by atoms with Gasteiger partial charge < -0.3 is 15.5 Å². The maximum atomic E-state index is 12.1. The average Bonchev–Trinajstić information content (AvgIpc) is 2.51. The molecule has 1 atom stereocenters. The van der Waals surface area contributed by atoms with Crippen molar-refractivity contribution < 1.29 is 9.59 Å². The van der Waals surface area contributed by atoms with Gasteiger partial charge in [0.2, 0.25) is 11.8 Å². The molecule has 0 aliphatic carbocycles. The van der Waals surface area contributed by atoms with Crippen molar-refractivity contribution in [1.82, 2.24) is 10.6 Å². The van der Waals surface area contributed by atoms with Crippen molar-refractivity contribution in [2.24, 2.45) is 0 Å². The Kier molecular flexibility index (Phi) is 5.33. The fourth-order valence-corrected chi connectivity index (χ4v) is 2.41. The maximum Gasteiger partial charge on any atom is 0.227 e. The second kappa shape index (κ2) is 7.22. The van der Waals surface area contributed by atoms with Gasteiger partial charge in [-0.05, 0) is 32.0 Å². The van der Waals surface area contributed by atoms with Crippen LogP contribution in [0.4, 0.5) is 5.69 Å². The van der Waals surface area contributed by atoms with Gasteiger partial charge in [-0.1, -0.05) is 18.2 Å². The Morgan fingerprint density at radius 3 is 2.86 bits per heavy atom. The van der Waals surface area contributed by atoms with E-state index in [1.807, 2.05) is 38.2 Å². The molecule has 2 rings (SSSR count). The third-order valence-corrected chi connectivity index (χ3v) is 3.85. The van der Waals surface area contributed by atoms with Gasteiger partial charge in [-0.2, -0.15) is 0 Å². The molecule has 0 bridgehead atoms. The van der Waals surface area contributed by atoms with Gasteiger partial charge in [0.15, 0.2) is 0 Å². The van der Waals surface area contributed by atoms with E-state index >= 15 is 0 Å². The quantitative estimate of drug-likeness (QED) is 0.824. The molecule has 1 unspecified atom stereocenters. The fourth-order valence-electron chi connectivity index (χ4n) is 2.41. The first-order valence-electron chi connectivity index (χ1n) is 7.44. The van der Waals surface area contributed by atoms with Crippen LogP contribution in [0.2, 0.25) is 0 Å². The molecule has 1 aliphatic rings. The van der Waals surface area contributed by atoms with Crippen molar-refractivity contribution in [3.8, 4) is 0 Å². The van der Waals surface area contributed by atoms with E-state index in [1.165, 1.54) is 5.56 Å². The molecule has 114 valence electrons. The van der Waals surface area contributed by atoms with E-state index in [-0.39, 0.29) is 17.9 Å². The number of nitrogens with one attached hydrogen (secondary N) is 2. The summed E-state index contributed by atoms with van der Waals surface area (Å²) in [6.45, 7) is 3.04. The van der Waals surface area contributed by atoms with Gasteiger partial charge in [0.05, 0.1) is 0 Å². The van der Waals surface area contributed by atoms with E-state index in [9.17, 15) is 9.59 Å². The minimum absolute atomic E-state index is 0.0204. The number of carbonyl (C=O) groups is 2. The smallest absolute Gasteiger partial charge is 0.227 e. The molecule has 0 radical (unpaired) electrons. The summed E-state index contributed by atoms with van der Waals surface area (Å²) in [5, 5.41) is 5.94. The Morgan fingerprint density at radius 2 is 2.10 bits per heavy atom. The molecule has 0 aromatic heterocycles. The van der Waals surface area contributed by atoms with Crippen LogP contribution in [-0.2, 0) is 16.0 Å². The predicted molar refractivity (Wildman–Crippen MR) is 83.3 cm³/mol. The molecule has 1 aliphatic heterocycles. The van der Waals surface area contributed by atoms with Crippen molar-refractivity contribution in [2.45, 2.75) is 32.2 Å². The molecule has 0 saturated heterocycles. The first-order valence-corrected chi connectivity index (χ1v) is 7.44. The lowest BCUT2D eigenvalue weighted by molar-refractivity contribution is -0.121. The second-order valence-electron chi connectivity index (χ2n) is 5.42. The first-order chi connectivity index (χ1) is 10.1.